The van der Waals surface area contributed by atoms with Gasteiger partial charge in [0.15, 0.2) is 0 Å². The molecule has 1 aromatic carbocycles. The number of carbonyl (C=O) groups excluding carboxylic acids is 1. The van der Waals surface area contributed by atoms with E-state index < -0.39 is 23.7 Å². The molecule has 0 saturated carbocycles. The van der Waals surface area contributed by atoms with Gasteiger partial charge in [-0.2, -0.15) is 0 Å². The van der Waals surface area contributed by atoms with Gasteiger partial charge >= 0.3 is 12.1 Å². The monoisotopic (exact) mass is 326 g/mol. The van der Waals surface area contributed by atoms with Crippen LogP contribution >= 0.6 is 0 Å². The summed E-state index contributed by atoms with van der Waals surface area (Å²) in [5.41, 5.74) is 4.88. The maximum atomic E-state index is 11.9. The average molecular weight is 326 g/mol. The van der Waals surface area contributed by atoms with E-state index >= 15 is 0 Å². The van der Waals surface area contributed by atoms with Gasteiger partial charge in [-0.05, 0) is 26.0 Å². The zero-order valence-corrected chi connectivity index (χ0v) is 13.6. The van der Waals surface area contributed by atoms with Crippen LogP contribution in [0.2, 0.25) is 0 Å². The van der Waals surface area contributed by atoms with Gasteiger partial charge in [-0.25, -0.2) is 9.59 Å². The molecule has 1 atom stereocenters. The summed E-state index contributed by atoms with van der Waals surface area (Å²) in [6.45, 7) is 3.09. The van der Waals surface area contributed by atoms with Crippen molar-refractivity contribution in [3.8, 4) is 11.5 Å². The van der Waals surface area contributed by atoms with E-state index in [-0.39, 0.29) is 6.54 Å². The number of methoxy groups -OCH3 is 2. The first-order chi connectivity index (χ1) is 10.7. The molecule has 8 heteroatoms. The van der Waals surface area contributed by atoms with Crippen molar-refractivity contribution < 1.29 is 28.9 Å². The summed E-state index contributed by atoms with van der Waals surface area (Å²) in [6.07, 6.45) is -0.880. The van der Waals surface area contributed by atoms with Crippen molar-refractivity contribution in [1.29, 1.82) is 0 Å². The Bertz CT molecular complexity index is 551. The van der Waals surface area contributed by atoms with E-state index in [9.17, 15) is 9.59 Å². The Morgan fingerprint density at radius 1 is 1.22 bits per heavy atom. The molecule has 8 nitrogen and oxygen atoms in total. The van der Waals surface area contributed by atoms with Gasteiger partial charge < -0.3 is 30.4 Å². The predicted molar refractivity (Wildman–Crippen MR) is 82.7 cm³/mol. The third kappa shape index (κ3) is 5.03. The Morgan fingerprint density at radius 2 is 1.74 bits per heavy atom. The number of rotatable bonds is 7. The van der Waals surface area contributed by atoms with Crippen LogP contribution in [0.5, 0.6) is 11.5 Å². The van der Waals surface area contributed by atoms with Crippen LogP contribution in [0.25, 0.3) is 0 Å². The molecule has 0 saturated heterocycles. The van der Waals surface area contributed by atoms with Gasteiger partial charge in [0.1, 0.15) is 23.1 Å². The van der Waals surface area contributed by atoms with E-state index in [1.165, 1.54) is 14.2 Å². The van der Waals surface area contributed by atoms with E-state index in [4.69, 9.17) is 25.1 Å². The van der Waals surface area contributed by atoms with Crippen molar-refractivity contribution in [2.45, 2.75) is 25.5 Å². The Balaban J connectivity index is 2.94. The molecule has 0 unspecified atom stereocenters. The number of hydrogen-bond acceptors (Lipinski definition) is 6. The molecule has 0 spiro atoms. The topological polar surface area (TPSA) is 120 Å². The summed E-state index contributed by atoms with van der Waals surface area (Å²) in [4.78, 5) is 22.8. The Kier molecular flexibility index (Phi) is 6.20. The first-order valence-electron chi connectivity index (χ1n) is 6.89. The molecule has 1 amide bonds. The van der Waals surface area contributed by atoms with Crippen LogP contribution in [0.4, 0.5) is 4.79 Å². The van der Waals surface area contributed by atoms with Gasteiger partial charge in [-0.1, -0.05) is 0 Å². The van der Waals surface area contributed by atoms with Gasteiger partial charge in [-0.15, -0.1) is 0 Å². The minimum Gasteiger partial charge on any atom is -0.497 e. The molecule has 0 aromatic heterocycles. The summed E-state index contributed by atoms with van der Waals surface area (Å²) in [6, 6.07) is 3.88. The summed E-state index contributed by atoms with van der Waals surface area (Å²) >= 11 is 0. The second-order valence-corrected chi connectivity index (χ2v) is 5.27. The normalized spacial score (nSPS) is 12.2. The lowest BCUT2D eigenvalue weighted by molar-refractivity contribution is -0.139. The smallest absolute Gasteiger partial charge is 0.408 e. The maximum Gasteiger partial charge on any atom is 0.408 e. The number of carboxylic acids is 1. The average Bonchev–Trinajstić information content (AvgIpc) is 2.51. The van der Waals surface area contributed by atoms with Gasteiger partial charge in [0.25, 0.3) is 0 Å². The molecule has 0 aliphatic rings. The minimum atomic E-state index is -1.23. The van der Waals surface area contributed by atoms with Gasteiger partial charge in [0, 0.05) is 18.2 Å². The summed E-state index contributed by atoms with van der Waals surface area (Å²) < 4.78 is 15.7. The Morgan fingerprint density at radius 3 is 2.13 bits per heavy atom. The number of ether oxygens (including phenoxy) is 3. The first kappa shape index (κ1) is 18.6. The molecule has 0 fully saturated rings. The van der Waals surface area contributed by atoms with E-state index in [1.807, 2.05) is 0 Å². The molecule has 128 valence electrons. The molecule has 0 bridgehead atoms. The highest BCUT2D eigenvalue weighted by atomic mass is 16.6. The highest BCUT2D eigenvalue weighted by Gasteiger charge is 2.29. The number of alkyl carbamates (subject to hydrolysis) is 1. The fourth-order valence-corrected chi connectivity index (χ4v) is 1.84. The zero-order chi connectivity index (χ0) is 17.6. The standard InChI is InChI=1S/C15H22N2O6/c1-15(2,23-14(20)17-12(8-16)13(18)19)9-5-10(21-3)7-11(6-9)22-4/h5-7,12H,8,16H2,1-4H3,(H,17,20)(H,18,19)/t12-/m0/s1. The van der Waals surface area contributed by atoms with Crippen LogP contribution in [-0.4, -0.2) is 44.0 Å². The van der Waals surface area contributed by atoms with Gasteiger partial charge in [0.05, 0.1) is 14.2 Å². The number of carbonyl (C=O) groups is 2. The van der Waals surface area contributed by atoms with Crippen LogP contribution in [-0.2, 0) is 15.1 Å². The van der Waals surface area contributed by atoms with E-state index in [0.717, 1.165) is 0 Å². The van der Waals surface area contributed by atoms with Crippen LogP contribution in [0.3, 0.4) is 0 Å². The summed E-state index contributed by atoms with van der Waals surface area (Å²) in [5.74, 6) is -0.145. The summed E-state index contributed by atoms with van der Waals surface area (Å²) in [5, 5.41) is 11.1. The van der Waals surface area contributed by atoms with Crippen molar-refractivity contribution in [2.24, 2.45) is 5.73 Å². The molecular formula is C15H22N2O6. The Hall–Kier alpha value is -2.48. The lowest BCUT2D eigenvalue weighted by Gasteiger charge is -2.27. The molecule has 1 rings (SSSR count). The van der Waals surface area contributed by atoms with Gasteiger partial charge in [0.2, 0.25) is 0 Å². The molecule has 4 N–H and O–H groups in total. The third-order valence-corrected chi connectivity index (χ3v) is 3.22. The highest BCUT2D eigenvalue weighted by Crippen LogP contribution is 2.32. The van der Waals surface area contributed by atoms with Crippen LogP contribution in [0.15, 0.2) is 18.2 Å². The van der Waals surface area contributed by atoms with Crippen molar-refractivity contribution in [3.63, 3.8) is 0 Å². The SMILES string of the molecule is COc1cc(OC)cc(C(C)(C)OC(=O)N[C@@H](CN)C(=O)O)c1. The fourth-order valence-electron chi connectivity index (χ4n) is 1.84. The molecule has 0 aliphatic heterocycles. The van der Waals surface area contributed by atoms with Crippen molar-refractivity contribution in [1.82, 2.24) is 5.32 Å². The molecule has 1 aromatic rings. The number of nitrogens with two attached hydrogens (primary N) is 1. The van der Waals surface area contributed by atoms with E-state index in [1.54, 1.807) is 32.0 Å². The minimum absolute atomic E-state index is 0.238. The lowest BCUT2D eigenvalue weighted by Crippen LogP contribution is -2.47. The number of hydrogen-bond donors (Lipinski definition) is 3. The van der Waals surface area contributed by atoms with Crippen LogP contribution < -0.4 is 20.5 Å². The predicted octanol–water partition coefficient (Wildman–Crippen LogP) is 1.08. The summed E-state index contributed by atoms with van der Waals surface area (Å²) in [7, 11) is 3.02. The molecule has 0 aliphatic carbocycles. The number of nitrogens with one attached hydrogen (secondary N) is 1. The lowest BCUT2D eigenvalue weighted by atomic mass is 9.97. The van der Waals surface area contributed by atoms with Gasteiger partial charge in [-0.3, -0.25) is 0 Å². The quantitative estimate of drug-likeness (QED) is 0.685. The number of amides is 1. The largest absolute Gasteiger partial charge is 0.497 e. The van der Waals surface area contributed by atoms with Crippen molar-refractivity contribution in [2.75, 3.05) is 20.8 Å². The fraction of sp³-hybridized carbons (Fsp3) is 0.467. The number of carboxylic acid groups (broad SMARTS) is 1. The number of benzene rings is 1. The van der Waals surface area contributed by atoms with E-state index in [0.29, 0.717) is 17.1 Å². The molecular weight excluding hydrogens is 304 g/mol. The Labute approximate surface area is 134 Å². The molecule has 0 radical (unpaired) electrons. The molecule has 23 heavy (non-hydrogen) atoms. The zero-order valence-electron chi connectivity index (χ0n) is 13.6. The highest BCUT2D eigenvalue weighted by molar-refractivity contribution is 5.80. The molecule has 0 heterocycles. The van der Waals surface area contributed by atoms with E-state index in [2.05, 4.69) is 5.32 Å². The second-order valence-electron chi connectivity index (χ2n) is 5.27. The van der Waals surface area contributed by atoms with Crippen LogP contribution in [0.1, 0.15) is 19.4 Å². The number of aliphatic carboxylic acids is 1. The van der Waals surface area contributed by atoms with Crippen molar-refractivity contribution in [3.05, 3.63) is 23.8 Å². The first-order valence-corrected chi connectivity index (χ1v) is 6.89. The maximum absolute atomic E-state index is 11.9. The third-order valence-electron chi connectivity index (χ3n) is 3.22. The van der Waals surface area contributed by atoms with Crippen LogP contribution in [0, 0.1) is 0 Å². The second kappa shape index (κ2) is 7.68. The van der Waals surface area contributed by atoms with Crippen molar-refractivity contribution >= 4 is 12.1 Å².